The van der Waals surface area contributed by atoms with Crippen LogP contribution in [0.1, 0.15) is 28.8 Å². The molecule has 236 valence electrons. The molecule has 0 bridgehead atoms. The minimum absolute atomic E-state index is 0.00207. The van der Waals surface area contributed by atoms with E-state index in [-0.39, 0.29) is 13.0 Å². The Hall–Kier alpha value is -2.00. The first kappa shape index (κ1) is 37.0. The summed E-state index contributed by atoms with van der Waals surface area (Å²) in [4.78, 5) is 21.1. The highest BCUT2D eigenvalue weighted by atomic mass is 16.6. The van der Waals surface area contributed by atoms with Crippen LogP contribution in [0.5, 0.6) is 0 Å². The van der Waals surface area contributed by atoms with Gasteiger partial charge in [0.15, 0.2) is 0 Å². The van der Waals surface area contributed by atoms with Gasteiger partial charge in [-0.1, -0.05) is 18.2 Å². The minimum atomic E-state index is -0.874. The monoisotopic (exact) mass is 588 g/mol. The predicted molar refractivity (Wildman–Crippen MR) is 150 cm³/mol. The molecule has 0 saturated heterocycles. The van der Waals surface area contributed by atoms with E-state index in [1.54, 1.807) is 6.07 Å². The lowest BCUT2D eigenvalue weighted by Crippen LogP contribution is -2.15. The molecule has 0 amide bonds. The van der Waals surface area contributed by atoms with Gasteiger partial charge in [-0.25, -0.2) is 0 Å². The lowest BCUT2D eigenvalue weighted by Gasteiger charge is -2.09. The molecule has 0 unspecified atom stereocenters. The quantitative estimate of drug-likeness (QED) is 0.0974. The number of ether oxygens (including phenoxy) is 9. The van der Waals surface area contributed by atoms with Crippen LogP contribution in [0.15, 0.2) is 24.3 Å². The van der Waals surface area contributed by atoms with Crippen molar-refractivity contribution in [2.24, 2.45) is 0 Å². The molecule has 0 saturated carbocycles. The number of carbonyl (C=O) groups is 2. The number of carboxylic acids is 1. The Morgan fingerprint density at radius 1 is 0.561 bits per heavy atom. The SMILES string of the molecule is O=Cc1cccc(CCCOCCOCCOCCOCCOCCOCCOCCOCCOCCC(=O)O)c1. The van der Waals surface area contributed by atoms with Crippen LogP contribution in [0.2, 0.25) is 0 Å². The average Bonchev–Trinajstić information content (AvgIpc) is 2.98. The molecule has 1 N–H and O–H groups in total. The summed E-state index contributed by atoms with van der Waals surface area (Å²) >= 11 is 0. The first-order chi connectivity index (χ1) is 20.2. The molecule has 0 radical (unpaired) electrons. The molecule has 12 nitrogen and oxygen atoms in total. The van der Waals surface area contributed by atoms with Gasteiger partial charge in [0, 0.05) is 12.2 Å². The van der Waals surface area contributed by atoms with Crippen molar-refractivity contribution < 1.29 is 57.3 Å². The van der Waals surface area contributed by atoms with Gasteiger partial charge in [-0.2, -0.15) is 0 Å². The number of rotatable bonds is 32. The first-order valence-electron chi connectivity index (χ1n) is 14.2. The summed E-state index contributed by atoms with van der Waals surface area (Å²) in [7, 11) is 0. The summed E-state index contributed by atoms with van der Waals surface area (Å²) in [5.41, 5.74) is 1.84. The Morgan fingerprint density at radius 2 is 0.927 bits per heavy atom. The fourth-order valence-electron chi connectivity index (χ4n) is 3.22. The fourth-order valence-corrected chi connectivity index (χ4v) is 3.22. The molecular weight excluding hydrogens is 540 g/mol. The highest BCUT2D eigenvalue weighted by molar-refractivity contribution is 5.74. The molecule has 0 aliphatic rings. The van der Waals surface area contributed by atoms with E-state index in [9.17, 15) is 9.59 Å². The highest BCUT2D eigenvalue weighted by Gasteiger charge is 1.98. The molecule has 0 spiro atoms. The van der Waals surface area contributed by atoms with Crippen LogP contribution in [0.4, 0.5) is 0 Å². The van der Waals surface area contributed by atoms with E-state index in [0.29, 0.717) is 118 Å². The van der Waals surface area contributed by atoms with Crippen molar-refractivity contribution in [1.82, 2.24) is 0 Å². The molecule has 0 aliphatic carbocycles. The molecule has 1 aromatic rings. The molecule has 1 rings (SSSR count). The van der Waals surface area contributed by atoms with E-state index in [1.165, 1.54) is 0 Å². The van der Waals surface area contributed by atoms with Crippen LogP contribution in [0.25, 0.3) is 0 Å². The Bertz CT molecular complexity index is 734. The lowest BCUT2D eigenvalue weighted by molar-refractivity contribution is -0.138. The zero-order valence-electron chi connectivity index (χ0n) is 24.2. The molecule has 0 heterocycles. The van der Waals surface area contributed by atoms with Crippen LogP contribution < -0.4 is 0 Å². The molecule has 12 heteroatoms. The zero-order chi connectivity index (χ0) is 29.5. The number of hydrogen-bond acceptors (Lipinski definition) is 11. The maximum absolute atomic E-state index is 10.8. The second-order valence-corrected chi connectivity index (χ2v) is 8.62. The Kier molecular flexibility index (Phi) is 26.6. The maximum Gasteiger partial charge on any atom is 0.305 e. The van der Waals surface area contributed by atoms with Gasteiger partial charge >= 0.3 is 5.97 Å². The summed E-state index contributed by atoms with van der Waals surface area (Å²) in [6, 6.07) is 7.62. The van der Waals surface area contributed by atoms with Crippen molar-refractivity contribution in [2.75, 3.05) is 119 Å². The number of hydrogen-bond donors (Lipinski definition) is 1. The third kappa shape index (κ3) is 26.6. The average molecular weight is 589 g/mol. The number of benzene rings is 1. The van der Waals surface area contributed by atoms with Crippen molar-refractivity contribution in [3.63, 3.8) is 0 Å². The third-order valence-corrected chi connectivity index (χ3v) is 5.28. The van der Waals surface area contributed by atoms with Crippen LogP contribution in [0.3, 0.4) is 0 Å². The van der Waals surface area contributed by atoms with Crippen molar-refractivity contribution in [3.8, 4) is 0 Å². The standard InChI is InChI=1S/C29H48O12/c30-26-28-4-1-3-27(25-28)5-2-7-33-9-11-35-13-15-37-17-19-39-21-23-41-24-22-40-20-18-38-16-14-36-12-10-34-8-6-29(31)32/h1,3-4,25-26H,2,5-24H2,(H,31,32). The smallest absolute Gasteiger partial charge is 0.305 e. The highest BCUT2D eigenvalue weighted by Crippen LogP contribution is 2.06. The van der Waals surface area contributed by atoms with Gasteiger partial charge in [-0.3, -0.25) is 9.59 Å². The molecule has 0 aliphatic heterocycles. The van der Waals surface area contributed by atoms with E-state index in [4.69, 9.17) is 47.7 Å². The second-order valence-electron chi connectivity index (χ2n) is 8.62. The van der Waals surface area contributed by atoms with Gasteiger partial charge in [0.25, 0.3) is 0 Å². The van der Waals surface area contributed by atoms with Gasteiger partial charge in [0.05, 0.1) is 119 Å². The van der Waals surface area contributed by atoms with Gasteiger partial charge in [0.2, 0.25) is 0 Å². The van der Waals surface area contributed by atoms with Crippen molar-refractivity contribution in [1.29, 1.82) is 0 Å². The summed E-state index contributed by atoms with van der Waals surface area (Å²) in [6.07, 6.45) is 2.64. The molecule has 1 aromatic carbocycles. The van der Waals surface area contributed by atoms with Crippen LogP contribution in [-0.2, 0) is 53.8 Å². The lowest BCUT2D eigenvalue weighted by atomic mass is 10.1. The number of aryl methyl sites for hydroxylation is 1. The van der Waals surface area contributed by atoms with Crippen molar-refractivity contribution in [3.05, 3.63) is 35.4 Å². The van der Waals surface area contributed by atoms with E-state index >= 15 is 0 Å². The fraction of sp³-hybridized carbons (Fsp3) is 0.724. The Labute approximate surface area is 243 Å². The molecule has 41 heavy (non-hydrogen) atoms. The van der Waals surface area contributed by atoms with E-state index in [1.807, 2.05) is 18.2 Å². The largest absolute Gasteiger partial charge is 0.481 e. The van der Waals surface area contributed by atoms with E-state index in [0.717, 1.165) is 24.7 Å². The topological polar surface area (TPSA) is 137 Å². The van der Waals surface area contributed by atoms with Crippen LogP contribution in [0, 0.1) is 0 Å². The Morgan fingerprint density at radius 3 is 1.29 bits per heavy atom. The molecule has 0 aromatic heterocycles. The second kappa shape index (κ2) is 29.5. The van der Waals surface area contributed by atoms with Gasteiger partial charge < -0.3 is 47.7 Å². The molecule has 0 atom stereocenters. The number of aliphatic carboxylic acids is 1. The van der Waals surface area contributed by atoms with Gasteiger partial charge in [-0.05, 0) is 24.5 Å². The zero-order valence-corrected chi connectivity index (χ0v) is 24.2. The van der Waals surface area contributed by atoms with Crippen molar-refractivity contribution >= 4 is 12.3 Å². The van der Waals surface area contributed by atoms with Gasteiger partial charge in [0.1, 0.15) is 6.29 Å². The predicted octanol–water partition coefficient (Wildman–Crippen LogP) is 2.06. The number of carbonyl (C=O) groups excluding carboxylic acids is 1. The number of aldehydes is 1. The summed E-state index contributed by atoms with van der Waals surface area (Å²) in [5, 5.41) is 8.48. The van der Waals surface area contributed by atoms with Crippen LogP contribution >= 0.6 is 0 Å². The summed E-state index contributed by atoms with van der Waals surface area (Å²) < 4.78 is 48.7. The Balaban J connectivity index is 1.66. The summed E-state index contributed by atoms with van der Waals surface area (Å²) in [6.45, 7) is 8.52. The first-order valence-corrected chi connectivity index (χ1v) is 14.2. The maximum atomic E-state index is 10.8. The van der Waals surface area contributed by atoms with Crippen molar-refractivity contribution in [2.45, 2.75) is 19.3 Å². The molecular formula is C29H48O12. The van der Waals surface area contributed by atoms with E-state index in [2.05, 4.69) is 0 Å². The third-order valence-electron chi connectivity index (χ3n) is 5.28. The van der Waals surface area contributed by atoms with Gasteiger partial charge in [-0.15, -0.1) is 0 Å². The number of carboxylic acid groups (broad SMARTS) is 1. The summed E-state index contributed by atoms with van der Waals surface area (Å²) in [5.74, 6) is -0.874. The minimum Gasteiger partial charge on any atom is -0.481 e. The van der Waals surface area contributed by atoms with E-state index < -0.39 is 5.97 Å². The van der Waals surface area contributed by atoms with Crippen LogP contribution in [-0.4, -0.2) is 136 Å². The molecule has 0 fully saturated rings. The normalized spacial score (nSPS) is 11.2.